The summed E-state index contributed by atoms with van der Waals surface area (Å²) in [6, 6.07) is 4.81. The summed E-state index contributed by atoms with van der Waals surface area (Å²) in [5.74, 6) is 0.612. The molecule has 8 nitrogen and oxygen atoms in total. The van der Waals surface area contributed by atoms with Gasteiger partial charge in [-0.05, 0) is 82.2 Å². The van der Waals surface area contributed by atoms with Gasteiger partial charge in [0.1, 0.15) is 5.82 Å². The number of rotatable bonds is 5. The summed E-state index contributed by atoms with van der Waals surface area (Å²) in [6.07, 6.45) is 10.4. The van der Waals surface area contributed by atoms with Crippen LogP contribution in [-0.2, 0) is 0 Å². The Bertz CT molecular complexity index is 1220. The highest BCUT2D eigenvalue weighted by molar-refractivity contribution is 5.90. The van der Waals surface area contributed by atoms with Gasteiger partial charge in [-0.2, -0.15) is 5.10 Å². The molecule has 2 saturated heterocycles. The molecule has 2 aliphatic rings. The number of nitrogen functional groups attached to an aromatic ring is 1. The molecule has 1 aromatic carbocycles. The van der Waals surface area contributed by atoms with Crippen LogP contribution in [0.3, 0.4) is 0 Å². The smallest absolute Gasteiger partial charge is 0.108 e. The number of nitrogens with zero attached hydrogens (tertiary/aromatic N) is 5. The second kappa shape index (κ2) is 10.0. The lowest BCUT2D eigenvalue weighted by atomic mass is 9.99. The van der Waals surface area contributed by atoms with E-state index in [2.05, 4.69) is 70.6 Å². The second-order valence-electron chi connectivity index (χ2n) is 10.6. The van der Waals surface area contributed by atoms with Gasteiger partial charge in [-0.3, -0.25) is 4.68 Å². The molecule has 2 fully saturated rings. The van der Waals surface area contributed by atoms with Gasteiger partial charge in [0.2, 0.25) is 0 Å². The minimum absolute atomic E-state index is 0.405. The largest absolute Gasteiger partial charge is 0.398 e. The van der Waals surface area contributed by atoms with Crippen LogP contribution in [0.25, 0.3) is 22.9 Å². The lowest BCUT2D eigenvalue weighted by Crippen LogP contribution is -2.45. The summed E-state index contributed by atoms with van der Waals surface area (Å²) in [4.78, 5) is 10.4. The zero-order valence-electron chi connectivity index (χ0n) is 22.1. The molecule has 1 atom stereocenters. The van der Waals surface area contributed by atoms with Crippen molar-refractivity contribution in [1.82, 2.24) is 24.6 Å². The summed E-state index contributed by atoms with van der Waals surface area (Å²) < 4.78 is 2.11. The Morgan fingerprint density at radius 2 is 1.78 bits per heavy atom. The molecule has 8 heteroatoms. The van der Waals surface area contributed by atoms with Gasteiger partial charge < -0.3 is 31.2 Å². The molecule has 0 aliphatic carbocycles. The Labute approximate surface area is 214 Å². The molecule has 36 heavy (non-hydrogen) atoms. The van der Waals surface area contributed by atoms with E-state index in [4.69, 9.17) is 16.6 Å². The van der Waals surface area contributed by atoms with E-state index in [1.165, 1.54) is 23.2 Å². The molecule has 5 rings (SSSR count). The summed E-state index contributed by atoms with van der Waals surface area (Å²) in [7, 11) is 4.36. The van der Waals surface area contributed by atoms with Crippen molar-refractivity contribution < 1.29 is 0 Å². The molecule has 0 bridgehead atoms. The van der Waals surface area contributed by atoms with E-state index in [0.717, 1.165) is 67.9 Å². The van der Waals surface area contributed by atoms with Crippen molar-refractivity contribution >= 4 is 23.3 Å². The van der Waals surface area contributed by atoms with Gasteiger partial charge in [0.25, 0.3) is 0 Å². The molecule has 1 unspecified atom stereocenters. The molecular weight excluding hydrogens is 448 g/mol. The van der Waals surface area contributed by atoms with Crippen LogP contribution in [-0.4, -0.2) is 77.9 Å². The molecule has 0 saturated carbocycles. The van der Waals surface area contributed by atoms with Gasteiger partial charge in [0, 0.05) is 73.2 Å². The van der Waals surface area contributed by atoms with Crippen LogP contribution in [0.5, 0.6) is 0 Å². The average molecular weight is 489 g/mol. The molecule has 0 spiro atoms. The fourth-order valence-corrected chi connectivity index (χ4v) is 5.77. The number of aromatic amines is 1. The Morgan fingerprint density at radius 1 is 1.06 bits per heavy atom. The SMILES string of the molecule is Cc1cc(/C(N)=C/c2c(-c3cnn(C4CCCN(C)C4)c3)c[nH]c2N)cc(C)c1N1CCN(C)CC1. The summed E-state index contributed by atoms with van der Waals surface area (Å²) >= 11 is 0. The van der Waals surface area contributed by atoms with Gasteiger partial charge in [-0.1, -0.05) is 0 Å². The fraction of sp³-hybridized carbons (Fsp3) is 0.464. The summed E-state index contributed by atoms with van der Waals surface area (Å²) in [5.41, 5.74) is 21.6. The first-order chi connectivity index (χ1) is 17.3. The van der Waals surface area contributed by atoms with Crippen molar-refractivity contribution in [1.29, 1.82) is 0 Å². The molecule has 3 aromatic rings. The predicted octanol–water partition coefficient (Wildman–Crippen LogP) is 3.55. The quantitative estimate of drug-likeness (QED) is 0.508. The van der Waals surface area contributed by atoms with Gasteiger partial charge in [-0.25, -0.2) is 0 Å². The third-order valence-corrected chi connectivity index (χ3v) is 7.78. The van der Waals surface area contributed by atoms with E-state index in [9.17, 15) is 0 Å². The maximum absolute atomic E-state index is 6.67. The summed E-state index contributed by atoms with van der Waals surface area (Å²) in [5, 5.41) is 4.70. The molecule has 2 aliphatic heterocycles. The first-order valence-electron chi connectivity index (χ1n) is 13.0. The number of nitrogens with one attached hydrogen (secondary N) is 1. The molecule has 0 amide bonds. The van der Waals surface area contributed by atoms with Gasteiger partial charge in [0.15, 0.2) is 0 Å². The Balaban J connectivity index is 1.41. The maximum atomic E-state index is 6.67. The van der Waals surface area contributed by atoms with E-state index in [0.29, 0.717) is 17.6 Å². The van der Waals surface area contributed by atoms with Gasteiger partial charge >= 0.3 is 0 Å². The maximum Gasteiger partial charge on any atom is 0.108 e. The zero-order valence-corrected chi connectivity index (χ0v) is 22.1. The standard InChI is InChI=1S/C28H40N8/c1-19-12-21(13-20(2)27(19)35-10-8-33(3)9-11-35)26(29)14-24-25(16-31-28(24)30)22-15-32-36(17-22)23-6-5-7-34(4)18-23/h12-17,23,31H,5-11,18,29-30H2,1-4H3/b26-14-. The molecule has 2 aromatic heterocycles. The zero-order chi connectivity index (χ0) is 25.4. The number of H-pyrrole nitrogens is 1. The third-order valence-electron chi connectivity index (χ3n) is 7.78. The first-order valence-corrected chi connectivity index (χ1v) is 13.0. The van der Waals surface area contributed by atoms with Crippen LogP contribution in [0, 0.1) is 13.8 Å². The number of hydrogen-bond acceptors (Lipinski definition) is 6. The monoisotopic (exact) mass is 488 g/mol. The van der Waals surface area contributed by atoms with Crippen molar-refractivity contribution in [2.24, 2.45) is 5.73 Å². The number of aryl methyl sites for hydroxylation is 2. The Hall–Kier alpha value is -3.23. The number of anilines is 2. The van der Waals surface area contributed by atoms with Crippen molar-refractivity contribution in [2.75, 3.05) is 64.0 Å². The number of hydrogen-bond donors (Lipinski definition) is 3. The topological polar surface area (TPSA) is 95.4 Å². The minimum Gasteiger partial charge on any atom is -0.398 e. The molecular formula is C28H40N8. The number of likely N-dealkylation sites (N-methyl/N-ethyl adjacent to an activating group) is 2. The number of nitrogens with two attached hydrogens (primary N) is 2. The lowest BCUT2D eigenvalue weighted by molar-refractivity contribution is 0.202. The Morgan fingerprint density at radius 3 is 2.47 bits per heavy atom. The number of aromatic nitrogens is 3. The molecule has 5 N–H and O–H groups in total. The van der Waals surface area contributed by atoms with Crippen molar-refractivity contribution in [2.45, 2.75) is 32.7 Å². The van der Waals surface area contributed by atoms with Crippen LogP contribution in [0.2, 0.25) is 0 Å². The van der Waals surface area contributed by atoms with E-state index in [1.807, 2.05) is 18.5 Å². The van der Waals surface area contributed by atoms with Crippen LogP contribution >= 0.6 is 0 Å². The number of likely N-dealkylation sites (tertiary alicyclic amines) is 1. The van der Waals surface area contributed by atoms with E-state index in [1.54, 1.807) is 0 Å². The molecule has 192 valence electrons. The van der Waals surface area contributed by atoms with Crippen LogP contribution in [0.15, 0.2) is 30.7 Å². The number of piperidine rings is 1. The lowest BCUT2D eigenvalue weighted by Gasteiger charge is -2.36. The van der Waals surface area contributed by atoms with E-state index >= 15 is 0 Å². The highest BCUT2D eigenvalue weighted by Gasteiger charge is 2.21. The van der Waals surface area contributed by atoms with Crippen LogP contribution < -0.4 is 16.4 Å². The van der Waals surface area contributed by atoms with Crippen LogP contribution in [0.4, 0.5) is 11.5 Å². The third kappa shape index (κ3) is 4.88. The number of piperazine rings is 1. The van der Waals surface area contributed by atoms with E-state index in [-0.39, 0.29) is 0 Å². The van der Waals surface area contributed by atoms with Crippen molar-refractivity contribution in [3.05, 3.63) is 53.0 Å². The van der Waals surface area contributed by atoms with Crippen molar-refractivity contribution in [3.8, 4) is 11.1 Å². The molecule has 4 heterocycles. The normalized spacial score (nSPS) is 20.3. The van der Waals surface area contributed by atoms with Crippen molar-refractivity contribution in [3.63, 3.8) is 0 Å². The first kappa shape index (κ1) is 24.5. The van der Waals surface area contributed by atoms with Gasteiger partial charge in [0.05, 0.1) is 12.2 Å². The van der Waals surface area contributed by atoms with Gasteiger partial charge in [-0.15, -0.1) is 0 Å². The fourth-order valence-electron chi connectivity index (χ4n) is 5.77. The Kier molecular flexibility index (Phi) is 6.81. The average Bonchev–Trinajstić information content (AvgIpc) is 3.47. The number of benzene rings is 1. The highest BCUT2D eigenvalue weighted by Crippen LogP contribution is 2.33. The minimum atomic E-state index is 0.405. The second-order valence-corrected chi connectivity index (χ2v) is 10.6. The van der Waals surface area contributed by atoms with E-state index < -0.39 is 0 Å². The van der Waals surface area contributed by atoms with Crippen LogP contribution in [0.1, 0.15) is 41.1 Å². The summed E-state index contributed by atoms with van der Waals surface area (Å²) in [6.45, 7) is 10.8. The molecule has 0 radical (unpaired) electrons. The predicted molar refractivity (Wildman–Crippen MR) is 150 cm³/mol. The highest BCUT2D eigenvalue weighted by atomic mass is 15.3.